The molecule has 0 spiro atoms. The van der Waals surface area contributed by atoms with Crippen molar-refractivity contribution in [3.63, 3.8) is 0 Å². The minimum absolute atomic E-state index is 0.0799. The molecule has 2 rings (SSSR count). The molecular weight excluding hydrogens is 305 g/mol. The van der Waals surface area contributed by atoms with Crippen LogP contribution in [0.2, 0.25) is 5.02 Å². The van der Waals surface area contributed by atoms with Gasteiger partial charge in [0.15, 0.2) is 0 Å². The number of alkyl halides is 3. The van der Waals surface area contributed by atoms with Crippen molar-refractivity contribution in [3.05, 3.63) is 58.6 Å². The zero-order chi connectivity index (χ0) is 15.6. The molecule has 0 aromatic heterocycles. The molecule has 0 bridgehead atoms. The topological polar surface area (TPSA) is 37.3 Å². The molecule has 0 fully saturated rings. The summed E-state index contributed by atoms with van der Waals surface area (Å²) in [5, 5.41) is 9.04. The molecule has 0 radical (unpaired) electrons. The Morgan fingerprint density at radius 1 is 1.05 bits per heavy atom. The number of rotatable bonds is 3. The van der Waals surface area contributed by atoms with Gasteiger partial charge < -0.3 is 5.11 Å². The molecule has 0 amide bonds. The van der Waals surface area contributed by atoms with E-state index in [1.807, 2.05) is 0 Å². The molecule has 0 saturated heterocycles. The van der Waals surface area contributed by atoms with E-state index in [0.717, 1.165) is 6.07 Å². The molecule has 2 aromatic rings. The van der Waals surface area contributed by atoms with Crippen LogP contribution in [0.3, 0.4) is 0 Å². The highest BCUT2D eigenvalue weighted by Crippen LogP contribution is 2.39. The minimum Gasteiger partial charge on any atom is -0.481 e. The van der Waals surface area contributed by atoms with Crippen LogP contribution in [0.25, 0.3) is 11.1 Å². The van der Waals surface area contributed by atoms with Gasteiger partial charge in [-0.05, 0) is 28.8 Å². The van der Waals surface area contributed by atoms with Crippen molar-refractivity contribution < 1.29 is 23.1 Å². The Balaban J connectivity index is 2.68. The van der Waals surface area contributed by atoms with Gasteiger partial charge in [-0.3, -0.25) is 4.79 Å². The number of carboxylic acids is 1. The molecule has 0 unspecified atom stereocenters. The van der Waals surface area contributed by atoms with E-state index < -0.39 is 24.1 Å². The predicted octanol–water partition coefficient (Wildman–Crippen LogP) is 4.65. The number of aliphatic carboxylic acids is 1. The number of hydrogen-bond donors (Lipinski definition) is 1. The van der Waals surface area contributed by atoms with Crippen molar-refractivity contribution in [1.29, 1.82) is 0 Å². The second-order valence-corrected chi connectivity index (χ2v) is 4.79. The predicted molar refractivity (Wildman–Crippen MR) is 73.2 cm³/mol. The molecule has 2 aromatic carbocycles. The van der Waals surface area contributed by atoms with Gasteiger partial charge in [0.1, 0.15) is 0 Å². The fourth-order valence-corrected chi connectivity index (χ4v) is 2.35. The van der Waals surface area contributed by atoms with E-state index in [4.69, 9.17) is 16.7 Å². The highest BCUT2D eigenvalue weighted by Gasteiger charge is 2.33. The zero-order valence-electron chi connectivity index (χ0n) is 10.6. The average molecular weight is 315 g/mol. The smallest absolute Gasteiger partial charge is 0.417 e. The quantitative estimate of drug-likeness (QED) is 0.895. The molecular formula is C15H10ClF3O2. The lowest BCUT2D eigenvalue weighted by atomic mass is 9.93. The Morgan fingerprint density at radius 3 is 2.29 bits per heavy atom. The Labute approximate surface area is 123 Å². The monoisotopic (exact) mass is 314 g/mol. The van der Waals surface area contributed by atoms with Crippen LogP contribution in [0.4, 0.5) is 13.2 Å². The van der Waals surface area contributed by atoms with Crippen molar-refractivity contribution in [3.8, 4) is 11.1 Å². The van der Waals surface area contributed by atoms with Crippen LogP contribution < -0.4 is 0 Å². The van der Waals surface area contributed by atoms with Crippen LogP contribution in [0.15, 0.2) is 42.5 Å². The van der Waals surface area contributed by atoms with E-state index in [1.165, 1.54) is 36.4 Å². The van der Waals surface area contributed by atoms with Crippen LogP contribution >= 0.6 is 11.6 Å². The van der Waals surface area contributed by atoms with Gasteiger partial charge in [0.05, 0.1) is 12.0 Å². The third-order valence-electron chi connectivity index (χ3n) is 2.97. The lowest BCUT2D eigenvalue weighted by Gasteiger charge is -2.16. The van der Waals surface area contributed by atoms with Gasteiger partial charge in [0.2, 0.25) is 0 Å². The van der Waals surface area contributed by atoms with Crippen LogP contribution in [0, 0.1) is 0 Å². The van der Waals surface area contributed by atoms with Gasteiger partial charge in [0, 0.05) is 5.02 Å². The standard InChI is InChI=1S/C15H10ClF3O2/c16-13-7-3-5-9(11(13)8-14(20)21)10-4-1-2-6-12(10)15(17,18)19/h1-7H,8H2,(H,20,21). The largest absolute Gasteiger partial charge is 0.481 e. The van der Waals surface area contributed by atoms with Gasteiger partial charge in [-0.15, -0.1) is 0 Å². The van der Waals surface area contributed by atoms with Crippen molar-refractivity contribution in [2.24, 2.45) is 0 Å². The third kappa shape index (κ3) is 3.36. The number of halogens is 4. The molecule has 0 aliphatic heterocycles. The van der Waals surface area contributed by atoms with E-state index in [0.29, 0.717) is 0 Å². The first kappa shape index (κ1) is 15.4. The summed E-state index contributed by atoms with van der Waals surface area (Å²) in [6, 6.07) is 9.41. The second kappa shape index (κ2) is 5.77. The summed E-state index contributed by atoms with van der Waals surface area (Å²) in [5.41, 5.74) is -0.552. The minimum atomic E-state index is -4.53. The summed E-state index contributed by atoms with van der Waals surface area (Å²) in [5.74, 6) is -1.16. The summed E-state index contributed by atoms with van der Waals surface area (Å²) < 4.78 is 39.2. The molecule has 0 atom stereocenters. The van der Waals surface area contributed by atoms with Crippen LogP contribution in [0.5, 0.6) is 0 Å². The molecule has 0 aliphatic carbocycles. The highest BCUT2D eigenvalue weighted by atomic mass is 35.5. The van der Waals surface area contributed by atoms with Gasteiger partial charge in [-0.1, -0.05) is 41.9 Å². The van der Waals surface area contributed by atoms with Crippen molar-refractivity contribution in [2.75, 3.05) is 0 Å². The van der Waals surface area contributed by atoms with E-state index >= 15 is 0 Å². The van der Waals surface area contributed by atoms with E-state index in [1.54, 1.807) is 0 Å². The van der Waals surface area contributed by atoms with E-state index in [-0.39, 0.29) is 21.7 Å². The van der Waals surface area contributed by atoms with Crippen molar-refractivity contribution >= 4 is 17.6 Å². The molecule has 0 aliphatic rings. The molecule has 2 nitrogen and oxygen atoms in total. The molecule has 0 saturated carbocycles. The van der Waals surface area contributed by atoms with Gasteiger partial charge in [-0.25, -0.2) is 0 Å². The second-order valence-electron chi connectivity index (χ2n) is 4.38. The van der Waals surface area contributed by atoms with E-state index in [9.17, 15) is 18.0 Å². The number of benzene rings is 2. The molecule has 0 heterocycles. The molecule has 1 N–H and O–H groups in total. The first-order valence-corrected chi connectivity index (χ1v) is 6.34. The maximum absolute atomic E-state index is 13.1. The SMILES string of the molecule is O=C(O)Cc1c(Cl)cccc1-c1ccccc1C(F)(F)F. The van der Waals surface area contributed by atoms with Crippen LogP contribution in [0.1, 0.15) is 11.1 Å². The normalized spacial score (nSPS) is 11.4. The fraction of sp³-hybridized carbons (Fsp3) is 0.133. The first-order chi connectivity index (χ1) is 9.80. The van der Waals surface area contributed by atoms with Gasteiger partial charge in [-0.2, -0.15) is 13.2 Å². The lowest BCUT2D eigenvalue weighted by molar-refractivity contribution is -0.137. The average Bonchev–Trinajstić information content (AvgIpc) is 2.40. The van der Waals surface area contributed by atoms with Crippen molar-refractivity contribution in [2.45, 2.75) is 12.6 Å². The molecule has 6 heteroatoms. The first-order valence-electron chi connectivity index (χ1n) is 5.96. The van der Waals surface area contributed by atoms with Crippen molar-refractivity contribution in [1.82, 2.24) is 0 Å². The summed E-state index contributed by atoms with van der Waals surface area (Å²) in [6.45, 7) is 0. The molecule has 110 valence electrons. The maximum atomic E-state index is 13.1. The number of hydrogen-bond acceptors (Lipinski definition) is 1. The summed E-state index contributed by atoms with van der Waals surface area (Å²) in [6.07, 6.45) is -4.97. The summed E-state index contributed by atoms with van der Waals surface area (Å²) in [7, 11) is 0. The Kier molecular flexibility index (Phi) is 4.23. The summed E-state index contributed by atoms with van der Waals surface area (Å²) >= 11 is 5.95. The lowest BCUT2D eigenvalue weighted by Crippen LogP contribution is -2.09. The summed E-state index contributed by atoms with van der Waals surface area (Å²) in [4.78, 5) is 10.9. The van der Waals surface area contributed by atoms with Crippen LogP contribution in [-0.2, 0) is 17.4 Å². The Hall–Kier alpha value is -2.01. The van der Waals surface area contributed by atoms with E-state index in [2.05, 4.69) is 0 Å². The Bertz CT molecular complexity index is 681. The zero-order valence-corrected chi connectivity index (χ0v) is 11.4. The Morgan fingerprint density at radius 2 is 1.67 bits per heavy atom. The number of carboxylic acid groups (broad SMARTS) is 1. The number of carbonyl (C=O) groups is 1. The highest BCUT2D eigenvalue weighted by molar-refractivity contribution is 6.32. The maximum Gasteiger partial charge on any atom is 0.417 e. The third-order valence-corrected chi connectivity index (χ3v) is 3.32. The van der Waals surface area contributed by atoms with Crippen LogP contribution in [-0.4, -0.2) is 11.1 Å². The van der Waals surface area contributed by atoms with Gasteiger partial charge >= 0.3 is 12.1 Å². The molecule has 21 heavy (non-hydrogen) atoms. The fourth-order valence-electron chi connectivity index (χ4n) is 2.11. The van der Waals surface area contributed by atoms with Gasteiger partial charge in [0.25, 0.3) is 0 Å².